The first kappa shape index (κ1) is 18.4. The maximum absolute atomic E-state index is 12.8. The van der Waals surface area contributed by atoms with Crippen molar-refractivity contribution in [3.05, 3.63) is 66.2 Å². The van der Waals surface area contributed by atoms with Crippen LogP contribution in [0.1, 0.15) is 5.56 Å². The zero-order valence-corrected chi connectivity index (χ0v) is 13.9. The Bertz CT molecular complexity index is 943. The van der Waals surface area contributed by atoms with Crippen LogP contribution in [0.2, 0.25) is 0 Å². The van der Waals surface area contributed by atoms with Crippen molar-refractivity contribution in [2.45, 2.75) is 6.18 Å². The third kappa shape index (κ3) is 4.60. The Morgan fingerprint density at radius 3 is 2.22 bits per heavy atom. The first-order chi connectivity index (χ1) is 12.8. The lowest BCUT2D eigenvalue weighted by molar-refractivity contribution is -0.137. The molecule has 3 aromatic rings. The number of benzene rings is 2. The van der Waals surface area contributed by atoms with Gasteiger partial charge in [0.05, 0.1) is 11.3 Å². The molecule has 0 radical (unpaired) electrons. The van der Waals surface area contributed by atoms with Gasteiger partial charge in [-0.3, -0.25) is 4.79 Å². The van der Waals surface area contributed by atoms with Gasteiger partial charge in [-0.2, -0.15) is 13.2 Å². The highest BCUT2D eigenvalue weighted by Crippen LogP contribution is 2.31. The van der Waals surface area contributed by atoms with E-state index in [1.807, 2.05) is 30.3 Å². The van der Waals surface area contributed by atoms with Crippen LogP contribution in [-0.4, -0.2) is 27.6 Å². The van der Waals surface area contributed by atoms with E-state index in [4.69, 9.17) is 5.11 Å². The number of aromatic nitrogens is 2. The first-order valence-corrected chi connectivity index (χ1v) is 7.91. The van der Waals surface area contributed by atoms with E-state index in [2.05, 4.69) is 15.3 Å². The molecule has 0 fully saturated rings. The van der Waals surface area contributed by atoms with Gasteiger partial charge in [0.15, 0.2) is 5.82 Å². The molecule has 0 aliphatic rings. The van der Waals surface area contributed by atoms with E-state index < -0.39 is 17.7 Å². The summed E-state index contributed by atoms with van der Waals surface area (Å²) in [6.07, 6.45) is -4.43. The molecule has 0 unspecified atom stereocenters. The van der Waals surface area contributed by atoms with Gasteiger partial charge in [-0.1, -0.05) is 42.5 Å². The average molecular weight is 373 g/mol. The number of rotatable bonds is 5. The summed E-state index contributed by atoms with van der Waals surface area (Å²) in [5.41, 5.74) is 0.911. The standard InChI is InChI=1S/C19H14F3N3O2/c20-19(21,22)14-8-6-13(7-9-14)18-24-15(12-4-2-1-3-5-12)10-16(25-18)23-11-17(26)27/h1-10H,11H2,(H,26,27)(H,23,24,25). The van der Waals surface area contributed by atoms with Gasteiger partial charge in [-0.05, 0) is 12.1 Å². The molecule has 0 saturated heterocycles. The SMILES string of the molecule is O=C(O)CNc1cc(-c2ccccc2)nc(-c2ccc(C(F)(F)F)cc2)n1. The summed E-state index contributed by atoms with van der Waals surface area (Å²) in [6, 6.07) is 15.2. The van der Waals surface area contributed by atoms with Gasteiger partial charge in [0, 0.05) is 17.2 Å². The number of hydrogen-bond donors (Lipinski definition) is 2. The summed E-state index contributed by atoms with van der Waals surface area (Å²) in [4.78, 5) is 19.4. The van der Waals surface area contributed by atoms with Gasteiger partial charge in [0.2, 0.25) is 0 Å². The topological polar surface area (TPSA) is 75.1 Å². The van der Waals surface area contributed by atoms with Crippen molar-refractivity contribution in [3.8, 4) is 22.6 Å². The minimum atomic E-state index is -4.43. The maximum atomic E-state index is 12.8. The minimum Gasteiger partial charge on any atom is -0.480 e. The van der Waals surface area contributed by atoms with Gasteiger partial charge in [-0.15, -0.1) is 0 Å². The summed E-state index contributed by atoms with van der Waals surface area (Å²) < 4.78 is 38.3. The molecule has 1 heterocycles. The molecule has 5 nitrogen and oxygen atoms in total. The van der Waals surface area contributed by atoms with Gasteiger partial charge in [0.25, 0.3) is 0 Å². The second-order valence-corrected chi connectivity index (χ2v) is 5.65. The van der Waals surface area contributed by atoms with Gasteiger partial charge in [0.1, 0.15) is 12.4 Å². The number of aliphatic carboxylic acids is 1. The van der Waals surface area contributed by atoms with E-state index in [-0.39, 0.29) is 18.2 Å². The molecular formula is C19H14F3N3O2. The first-order valence-electron chi connectivity index (χ1n) is 7.91. The Hall–Kier alpha value is -3.42. The number of alkyl halides is 3. The molecule has 2 N–H and O–H groups in total. The minimum absolute atomic E-state index is 0.193. The van der Waals surface area contributed by atoms with Gasteiger partial charge < -0.3 is 10.4 Å². The monoisotopic (exact) mass is 373 g/mol. The molecule has 0 atom stereocenters. The largest absolute Gasteiger partial charge is 0.480 e. The predicted molar refractivity (Wildman–Crippen MR) is 94.0 cm³/mol. The summed E-state index contributed by atoms with van der Waals surface area (Å²) in [5.74, 6) is -0.606. The molecule has 0 bridgehead atoms. The number of anilines is 1. The number of nitrogens with one attached hydrogen (secondary N) is 1. The van der Waals surface area contributed by atoms with Crippen LogP contribution in [-0.2, 0) is 11.0 Å². The molecule has 0 aliphatic carbocycles. The van der Waals surface area contributed by atoms with Crippen LogP contribution in [0, 0.1) is 0 Å². The second kappa shape index (κ2) is 7.45. The van der Waals surface area contributed by atoms with Crippen LogP contribution in [0.25, 0.3) is 22.6 Å². The van der Waals surface area contributed by atoms with Gasteiger partial charge in [-0.25, -0.2) is 9.97 Å². The summed E-state index contributed by atoms with van der Waals surface area (Å²) in [7, 11) is 0. The summed E-state index contributed by atoms with van der Waals surface area (Å²) in [5, 5.41) is 11.5. The maximum Gasteiger partial charge on any atom is 0.416 e. The van der Waals surface area contributed by atoms with Crippen molar-refractivity contribution < 1.29 is 23.1 Å². The molecule has 0 aliphatic heterocycles. The number of hydrogen-bond acceptors (Lipinski definition) is 4. The summed E-state index contributed by atoms with van der Waals surface area (Å²) >= 11 is 0. The fourth-order valence-corrected chi connectivity index (χ4v) is 2.40. The average Bonchev–Trinajstić information content (AvgIpc) is 2.66. The van der Waals surface area contributed by atoms with Crippen LogP contribution in [0.15, 0.2) is 60.7 Å². The molecular weight excluding hydrogens is 359 g/mol. The van der Waals surface area contributed by atoms with E-state index in [1.54, 1.807) is 6.07 Å². The van der Waals surface area contributed by atoms with Crippen LogP contribution in [0.3, 0.4) is 0 Å². The van der Waals surface area contributed by atoms with E-state index in [1.165, 1.54) is 12.1 Å². The Morgan fingerprint density at radius 2 is 1.63 bits per heavy atom. The van der Waals surface area contributed by atoms with Gasteiger partial charge >= 0.3 is 12.1 Å². The van der Waals surface area contributed by atoms with Crippen molar-refractivity contribution in [2.24, 2.45) is 0 Å². The molecule has 3 rings (SSSR count). The van der Waals surface area contributed by atoms with Crippen LogP contribution in [0.4, 0.5) is 19.0 Å². The number of carboxylic acids is 1. The number of carboxylic acid groups (broad SMARTS) is 1. The lowest BCUT2D eigenvalue weighted by Gasteiger charge is -2.11. The Balaban J connectivity index is 2.03. The van der Waals surface area contributed by atoms with E-state index in [0.717, 1.165) is 17.7 Å². The zero-order valence-electron chi connectivity index (χ0n) is 13.9. The Labute approximate surface area is 152 Å². The third-order valence-corrected chi connectivity index (χ3v) is 3.69. The lowest BCUT2D eigenvalue weighted by atomic mass is 10.1. The van der Waals surface area contributed by atoms with Crippen LogP contribution < -0.4 is 5.32 Å². The normalized spacial score (nSPS) is 11.2. The highest BCUT2D eigenvalue weighted by atomic mass is 19.4. The predicted octanol–water partition coefficient (Wildman–Crippen LogP) is 4.33. The number of nitrogens with zero attached hydrogens (tertiary/aromatic N) is 2. The molecule has 1 aromatic heterocycles. The molecule has 0 amide bonds. The molecule has 8 heteroatoms. The third-order valence-electron chi connectivity index (χ3n) is 3.69. The number of halogens is 3. The molecule has 0 spiro atoms. The van der Waals surface area contributed by atoms with Crippen LogP contribution >= 0.6 is 0 Å². The highest BCUT2D eigenvalue weighted by molar-refractivity contribution is 5.74. The molecule has 2 aromatic carbocycles. The van der Waals surface area contributed by atoms with Crippen molar-refractivity contribution in [1.29, 1.82) is 0 Å². The molecule has 0 saturated carbocycles. The van der Waals surface area contributed by atoms with Crippen molar-refractivity contribution in [1.82, 2.24) is 9.97 Å². The highest BCUT2D eigenvalue weighted by Gasteiger charge is 2.30. The van der Waals surface area contributed by atoms with Crippen LogP contribution in [0.5, 0.6) is 0 Å². The zero-order chi connectivity index (χ0) is 19.4. The smallest absolute Gasteiger partial charge is 0.416 e. The fourth-order valence-electron chi connectivity index (χ4n) is 2.40. The van der Waals surface area contributed by atoms with Crippen molar-refractivity contribution in [3.63, 3.8) is 0 Å². The fraction of sp³-hybridized carbons (Fsp3) is 0.105. The van der Waals surface area contributed by atoms with E-state index in [0.29, 0.717) is 11.3 Å². The number of carbonyl (C=O) groups is 1. The van der Waals surface area contributed by atoms with Crippen molar-refractivity contribution in [2.75, 3.05) is 11.9 Å². The lowest BCUT2D eigenvalue weighted by Crippen LogP contribution is -2.13. The Kier molecular flexibility index (Phi) is 5.07. The van der Waals surface area contributed by atoms with E-state index in [9.17, 15) is 18.0 Å². The quantitative estimate of drug-likeness (QED) is 0.696. The molecule has 138 valence electrons. The molecule has 27 heavy (non-hydrogen) atoms. The summed E-state index contributed by atoms with van der Waals surface area (Å²) in [6.45, 7) is -0.350. The Morgan fingerprint density at radius 1 is 0.963 bits per heavy atom. The van der Waals surface area contributed by atoms with Crippen molar-refractivity contribution >= 4 is 11.8 Å². The van der Waals surface area contributed by atoms with E-state index >= 15 is 0 Å². The second-order valence-electron chi connectivity index (χ2n) is 5.65.